The van der Waals surface area contributed by atoms with E-state index in [1.54, 1.807) is 12.1 Å². The summed E-state index contributed by atoms with van der Waals surface area (Å²) in [5.41, 5.74) is 4.54. The summed E-state index contributed by atoms with van der Waals surface area (Å²) in [6.45, 7) is 8.59. The van der Waals surface area contributed by atoms with Gasteiger partial charge in [0.15, 0.2) is 0 Å². The van der Waals surface area contributed by atoms with Crippen LogP contribution in [0, 0.1) is 17.2 Å². The average Bonchev–Trinajstić information content (AvgIpc) is 2.78. The lowest BCUT2D eigenvalue weighted by molar-refractivity contribution is -0.137. The highest BCUT2D eigenvalue weighted by atomic mass is 16.5. The van der Waals surface area contributed by atoms with E-state index >= 15 is 0 Å². The summed E-state index contributed by atoms with van der Waals surface area (Å²) in [4.78, 5) is 13.7. The second-order valence-electron chi connectivity index (χ2n) is 8.37. The second-order valence-corrected chi connectivity index (χ2v) is 8.37. The predicted molar refractivity (Wildman–Crippen MR) is 123 cm³/mol. The molecule has 2 N–H and O–H groups in total. The van der Waals surface area contributed by atoms with Gasteiger partial charge in [-0.25, -0.2) is 0 Å². The highest BCUT2D eigenvalue weighted by Crippen LogP contribution is 2.36. The van der Waals surface area contributed by atoms with E-state index in [2.05, 4.69) is 48.3 Å². The second kappa shape index (κ2) is 10.3. The van der Waals surface area contributed by atoms with E-state index in [1.807, 2.05) is 19.1 Å². The number of carboxylic acid groups (broad SMARTS) is 1. The largest absolute Gasteiger partial charge is 0.481 e. The van der Waals surface area contributed by atoms with E-state index in [1.165, 1.54) is 0 Å². The van der Waals surface area contributed by atoms with Gasteiger partial charge in [-0.2, -0.15) is 5.26 Å². The highest BCUT2D eigenvalue weighted by molar-refractivity contribution is 5.77. The fourth-order valence-electron chi connectivity index (χ4n) is 4.12. The van der Waals surface area contributed by atoms with Gasteiger partial charge in [0.25, 0.3) is 0 Å². The summed E-state index contributed by atoms with van der Waals surface area (Å²) in [6.07, 6.45) is 0.868. The van der Waals surface area contributed by atoms with E-state index in [-0.39, 0.29) is 18.4 Å². The summed E-state index contributed by atoms with van der Waals surface area (Å²) in [6, 6.07) is 16.0. The van der Waals surface area contributed by atoms with Gasteiger partial charge in [0.2, 0.25) is 0 Å². The monoisotopic (exact) mass is 421 g/mol. The van der Waals surface area contributed by atoms with Crippen molar-refractivity contribution >= 4 is 23.0 Å². The number of aliphatic carboxylic acids is 1. The van der Waals surface area contributed by atoms with Crippen molar-refractivity contribution in [2.75, 3.05) is 30.0 Å². The number of hydrogen-bond acceptors (Lipinski definition) is 5. The number of morpholine rings is 1. The van der Waals surface area contributed by atoms with Gasteiger partial charge in [0.1, 0.15) is 0 Å². The Hall–Kier alpha value is -3.04. The Bertz CT molecular complexity index is 934. The molecule has 1 saturated heterocycles. The molecular formula is C25H31N3O3. The Morgan fingerprint density at radius 1 is 1.29 bits per heavy atom. The molecule has 3 rings (SSSR count). The molecule has 1 aliphatic heterocycles. The van der Waals surface area contributed by atoms with E-state index in [4.69, 9.17) is 10.00 Å². The smallest absolute Gasteiger partial charge is 0.303 e. The maximum atomic E-state index is 11.3. The van der Waals surface area contributed by atoms with Gasteiger partial charge in [-0.3, -0.25) is 4.79 Å². The molecule has 0 amide bonds. The zero-order chi connectivity index (χ0) is 22.4. The molecule has 0 aromatic heterocycles. The number of hydrogen-bond donors (Lipinski definition) is 2. The standard InChI is InChI=1S/C25H31N3O3/c1-4-19(14-25(29)30)20-7-10-23(28-11-12-31-16-24(28)17(2)3)22(13-20)27-21-8-5-18(15-26)6-9-21/h5-10,13,17,19,24,27H,4,11-12,14,16H2,1-3H3,(H,29,30)/t19?,24-/m1/s1. The first-order valence-corrected chi connectivity index (χ1v) is 10.9. The van der Waals surface area contributed by atoms with Gasteiger partial charge in [-0.15, -0.1) is 0 Å². The molecule has 2 atom stereocenters. The summed E-state index contributed by atoms with van der Waals surface area (Å²) in [5.74, 6) is -0.401. The number of ether oxygens (including phenoxy) is 1. The molecule has 6 nitrogen and oxygen atoms in total. The zero-order valence-corrected chi connectivity index (χ0v) is 18.5. The Balaban J connectivity index is 2.01. The third-order valence-electron chi connectivity index (χ3n) is 5.94. The van der Waals surface area contributed by atoms with Crippen LogP contribution in [0.2, 0.25) is 0 Å². The van der Waals surface area contributed by atoms with Gasteiger partial charge in [0, 0.05) is 12.2 Å². The van der Waals surface area contributed by atoms with Crippen LogP contribution in [0.15, 0.2) is 42.5 Å². The van der Waals surface area contributed by atoms with Crippen LogP contribution >= 0.6 is 0 Å². The third-order valence-corrected chi connectivity index (χ3v) is 5.94. The van der Waals surface area contributed by atoms with Crippen molar-refractivity contribution in [2.24, 2.45) is 5.92 Å². The van der Waals surface area contributed by atoms with Crippen LogP contribution < -0.4 is 10.2 Å². The zero-order valence-electron chi connectivity index (χ0n) is 18.5. The summed E-state index contributed by atoms with van der Waals surface area (Å²) in [5, 5.41) is 21.9. The van der Waals surface area contributed by atoms with E-state index in [0.29, 0.717) is 24.7 Å². The maximum Gasteiger partial charge on any atom is 0.303 e. The van der Waals surface area contributed by atoms with Crippen LogP contribution in [0.3, 0.4) is 0 Å². The topological polar surface area (TPSA) is 85.6 Å². The van der Waals surface area contributed by atoms with E-state index < -0.39 is 5.97 Å². The molecule has 31 heavy (non-hydrogen) atoms. The van der Waals surface area contributed by atoms with Crippen molar-refractivity contribution in [3.8, 4) is 6.07 Å². The van der Waals surface area contributed by atoms with Crippen LogP contribution in [0.25, 0.3) is 0 Å². The molecule has 6 heteroatoms. The first kappa shape index (κ1) is 22.6. The Kier molecular flexibility index (Phi) is 7.54. The molecule has 164 valence electrons. The lowest BCUT2D eigenvalue weighted by Gasteiger charge is -2.40. The van der Waals surface area contributed by atoms with Crippen LogP contribution in [0.4, 0.5) is 17.1 Å². The quantitative estimate of drug-likeness (QED) is 0.614. The minimum absolute atomic E-state index is 0.0429. The SMILES string of the molecule is CCC(CC(=O)O)c1ccc(N2CCOC[C@@H]2C(C)C)c(Nc2ccc(C#N)cc2)c1. The fraction of sp³-hybridized carbons (Fsp3) is 0.440. The molecule has 0 bridgehead atoms. The van der Waals surface area contributed by atoms with Gasteiger partial charge >= 0.3 is 5.97 Å². The van der Waals surface area contributed by atoms with E-state index in [0.717, 1.165) is 35.6 Å². The molecule has 0 saturated carbocycles. The first-order valence-electron chi connectivity index (χ1n) is 10.9. The highest BCUT2D eigenvalue weighted by Gasteiger charge is 2.28. The van der Waals surface area contributed by atoms with E-state index in [9.17, 15) is 9.90 Å². The van der Waals surface area contributed by atoms with Gasteiger partial charge in [0.05, 0.1) is 48.7 Å². The van der Waals surface area contributed by atoms with Crippen LogP contribution in [-0.2, 0) is 9.53 Å². The number of nitriles is 1. The number of carbonyl (C=O) groups is 1. The average molecular weight is 422 g/mol. The number of benzene rings is 2. The van der Waals surface area contributed by atoms with Gasteiger partial charge < -0.3 is 20.1 Å². The number of anilines is 3. The van der Waals surface area contributed by atoms with Gasteiger partial charge in [-0.1, -0.05) is 26.8 Å². The number of nitrogens with zero attached hydrogens (tertiary/aromatic N) is 2. The van der Waals surface area contributed by atoms with Crippen LogP contribution in [-0.4, -0.2) is 36.9 Å². The summed E-state index contributed by atoms with van der Waals surface area (Å²) < 4.78 is 5.74. The molecule has 1 aliphatic rings. The Morgan fingerprint density at radius 2 is 2.03 bits per heavy atom. The normalized spacial score (nSPS) is 17.3. The molecule has 1 fully saturated rings. The molecule has 2 aromatic carbocycles. The van der Waals surface area contributed by atoms with Gasteiger partial charge in [-0.05, 0) is 60.2 Å². The molecule has 0 aliphatic carbocycles. The molecule has 0 radical (unpaired) electrons. The van der Waals surface area contributed by atoms with Crippen molar-refractivity contribution in [2.45, 2.75) is 45.6 Å². The summed E-state index contributed by atoms with van der Waals surface area (Å²) >= 11 is 0. The van der Waals surface area contributed by atoms with Crippen molar-refractivity contribution in [1.29, 1.82) is 5.26 Å². The van der Waals surface area contributed by atoms with Crippen LogP contribution in [0.1, 0.15) is 50.7 Å². The summed E-state index contributed by atoms with van der Waals surface area (Å²) in [7, 11) is 0. The lowest BCUT2D eigenvalue weighted by atomic mass is 9.92. The molecular weight excluding hydrogens is 390 g/mol. The fourth-order valence-corrected chi connectivity index (χ4v) is 4.12. The number of nitrogens with one attached hydrogen (secondary N) is 1. The van der Waals surface area contributed by atoms with Crippen molar-refractivity contribution in [1.82, 2.24) is 0 Å². The molecule has 0 spiro atoms. The van der Waals surface area contributed by atoms with Crippen molar-refractivity contribution in [3.63, 3.8) is 0 Å². The first-order chi connectivity index (χ1) is 14.9. The lowest BCUT2D eigenvalue weighted by Crippen LogP contribution is -2.48. The number of rotatable bonds is 8. The molecule has 1 heterocycles. The number of carboxylic acids is 1. The van der Waals surface area contributed by atoms with Crippen LogP contribution in [0.5, 0.6) is 0 Å². The third kappa shape index (κ3) is 5.56. The Labute approximate surface area is 184 Å². The predicted octanol–water partition coefficient (Wildman–Crippen LogP) is 5.13. The van der Waals surface area contributed by atoms with Crippen molar-refractivity contribution in [3.05, 3.63) is 53.6 Å². The minimum atomic E-state index is -0.787. The molecule has 2 aromatic rings. The minimum Gasteiger partial charge on any atom is -0.481 e. The maximum absolute atomic E-state index is 11.3. The van der Waals surface area contributed by atoms with Crippen molar-refractivity contribution < 1.29 is 14.6 Å². The molecule has 1 unspecified atom stereocenters. The Morgan fingerprint density at radius 3 is 2.65 bits per heavy atom.